The molecule has 2 heteroatoms. The highest BCUT2D eigenvalue weighted by Crippen LogP contribution is 2.42. The van der Waals surface area contributed by atoms with E-state index in [2.05, 4.69) is 45.2 Å². The smallest absolute Gasteiger partial charge is 0.0650 e. The fraction of sp³-hybridized carbons (Fsp3) is 0.818. The van der Waals surface area contributed by atoms with Gasteiger partial charge >= 0.3 is 0 Å². The maximum absolute atomic E-state index is 5.81. The Morgan fingerprint density at radius 1 is 1.12 bits per heavy atom. The molecular formula is C22H39NO. The summed E-state index contributed by atoms with van der Waals surface area (Å²) in [5, 5.41) is 3.81. The molecule has 0 aromatic carbocycles. The highest BCUT2D eigenvalue weighted by atomic mass is 16.5. The van der Waals surface area contributed by atoms with E-state index < -0.39 is 0 Å². The van der Waals surface area contributed by atoms with E-state index in [9.17, 15) is 0 Å². The average molecular weight is 334 g/mol. The molecule has 24 heavy (non-hydrogen) atoms. The molecule has 2 nitrogen and oxygen atoms in total. The first-order valence-electron chi connectivity index (χ1n) is 10.2. The van der Waals surface area contributed by atoms with Crippen molar-refractivity contribution in [2.24, 2.45) is 17.8 Å². The van der Waals surface area contributed by atoms with Gasteiger partial charge in [0, 0.05) is 12.6 Å². The molecule has 0 saturated heterocycles. The second-order valence-electron chi connectivity index (χ2n) is 8.43. The summed E-state index contributed by atoms with van der Waals surface area (Å²) in [6, 6.07) is 0.728. The molecule has 2 aliphatic rings. The lowest BCUT2D eigenvalue weighted by atomic mass is 9.66. The molecule has 0 radical (unpaired) electrons. The quantitative estimate of drug-likeness (QED) is 0.444. The molecule has 2 fully saturated rings. The summed E-state index contributed by atoms with van der Waals surface area (Å²) in [6.07, 6.45) is 14.1. The topological polar surface area (TPSA) is 21.3 Å². The normalized spacial score (nSPS) is 30.2. The second kappa shape index (κ2) is 10.4. The van der Waals surface area contributed by atoms with Gasteiger partial charge in [-0.3, -0.25) is 0 Å². The van der Waals surface area contributed by atoms with E-state index in [1.54, 1.807) is 0 Å². The zero-order chi connectivity index (χ0) is 17.4. The lowest BCUT2D eigenvalue weighted by Crippen LogP contribution is -2.48. The minimum atomic E-state index is 0.728. The van der Waals surface area contributed by atoms with E-state index in [4.69, 9.17) is 4.74 Å². The minimum Gasteiger partial charge on any atom is -0.376 e. The van der Waals surface area contributed by atoms with Crippen molar-refractivity contribution in [2.45, 2.75) is 78.7 Å². The third-order valence-corrected chi connectivity index (χ3v) is 5.92. The summed E-state index contributed by atoms with van der Waals surface area (Å²) in [6.45, 7) is 11.6. The number of rotatable bonds is 9. The molecule has 2 aliphatic carbocycles. The summed E-state index contributed by atoms with van der Waals surface area (Å²) >= 11 is 0. The van der Waals surface area contributed by atoms with Gasteiger partial charge in [0.05, 0.1) is 13.2 Å². The van der Waals surface area contributed by atoms with Crippen LogP contribution in [-0.2, 0) is 4.74 Å². The van der Waals surface area contributed by atoms with Crippen LogP contribution in [0.1, 0.15) is 72.6 Å². The van der Waals surface area contributed by atoms with Crippen LogP contribution in [0.15, 0.2) is 23.3 Å². The molecule has 1 N–H and O–H groups in total. The van der Waals surface area contributed by atoms with Gasteiger partial charge in [0.25, 0.3) is 0 Å². The zero-order valence-electron chi connectivity index (χ0n) is 16.4. The van der Waals surface area contributed by atoms with Crippen LogP contribution in [0.3, 0.4) is 0 Å². The van der Waals surface area contributed by atoms with Gasteiger partial charge in [0.1, 0.15) is 0 Å². The largest absolute Gasteiger partial charge is 0.376 e. The molecule has 0 aromatic heterocycles. The Kier molecular flexibility index (Phi) is 8.55. The SMILES string of the molecule is CC(C)=CCCC(C)=CCOCCNC1C(C)CC2CCCC1C2. The highest BCUT2D eigenvalue weighted by Gasteiger charge is 2.37. The molecule has 2 rings (SSSR count). The number of hydrogen-bond donors (Lipinski definition) is 1. The molecule has 2 saturated carbocycles. The molecule has 0 heterocycles. The molecule has 0 aromatic rings. The van der Waals surface area contributed by atoms with E-state index in [0.29, 0.717) is 0 Å². The van der Waals surface area contributed by atoms with Gasteiger partial charge in [-0.25, -0.2) is 0 Å². The van der Waals surface area contributed by atoms with Gasteiger partial charge in [-0.05, 0) is 70.6 Å². The number of fused-ring (bicyclic) bond motifs is 2. The van der Waals surface area contributed by atoms with Crippen LogP contribution < -0.4 is 5.32 Å². The maximum Gasteiger partial charge on any atom is 0.0650 e. The summed E-state index contributed by atoms with van der Waals surface area (Å²) < 4.78 is 5.81. The van der Waals surface area contributed by atoms with Crippen LogP contribution in [0, 0.1) is 17.8 Å². The molecule has 4 unspecified atom stereocenters. The Balaban J connectivity index is 1.57. The predicted molar refractivity (Wildman–Crippen MR) is 104 cm³/mol. The Hall–Kier alpha value is -0.600. The first-order valence-corrected chi connectivity index (χ1v) is 10.2. The Bertz CT molecular complexity index is 420. The molecular weight excluding hydrogens is 294 g/mol. The van der Waals surface area contributed by atoms with Crippen molar-refractivity contribution in [2.75, 3.05) is 19.8 Å². The first-order chi connectivity index (χ1) is 11.6. The maximum atomic E-state index is 5.81. The van der Waals surface area contributed by atoms with Crippen molar-refractivity contribution >= 4 is 0 Å². The molecule has 0 spiro atoms. The van der Waals surface area contributed by atoms with E-state index in [0.717, 1.165) is 56.4 Å². The Morgan fingerprint density at radius 3 is 2.75 bits per heavy atom. The second-order valence-corrected chi connectivity index (χ2v) is 8.43. The molecule has 0 aliphatic heterocycles. The van der Waals surface area contributed by atoms with E-state index in [1.165, 1.54) is 43.3 Å². The van der Waals surface area contributed by atoms with Crippen LogP contribution in [-0.4, -0.2) is 25.8 Å². The Labute approximate surface area is 150 Å². The predicted octanol–water partition coefficient (Wildman–Crippen LogP) is 5.50. The highest BCUT2D eigenvalue weighted by molar-refractivity contribution is 5.02. The monoisotopic (exact) mass is 333 g/mol. The summed E-state index contributed by atoms with van der Waals surface area (Å²) in [5.41, 5.74) is 2.85. The van der Waals surface area contributed by atoms with Crippen molar-refractivity contribution in [1.29, 1.82) is 0 Å². The van der Waals surface area contributed by atoms with E-state index in [-0.39, 0.29) is 0 Å². The van der Waals surface area contributed by atoms with Crippen LogP contribution in [0.2, 0.25) is 0 Å². The van der Waals surface area contributed by atoms with Crippen LogP contribution in [0.25, 0.3) is 0 Å². The van der Waals surface area contributed by atoms with Crippen molar-refractivity contribution in [1.82, 2.24) is 5.32 Å². The average Bonchev–Trinajstić information content (AvgIpc) is 2.53. The first kappa shape index (κ1) is 19.7. The lowest BCUT2D eigenvalue weighted by Gasteiger charge is -2.44. The lowest BCUT2D eigenvalue weighted by molar-refractivity contribution is 0.0871. The zero-order valence-corrected chi connectivity index (χ0v) is 16.4. The Morgan fingerprint density at radius 2 is 1.96 bits per heavy atom. The molecule has 2 bridgehead atoms. The van der Waals surface area contributed by atoms with Gasteiger partial charge in [0.2, 0.25) is 0 Å². The molecule has 0 amide bonds. The third-order valence-electron chi connectivity index (χ3n) is 5.92. The number of ether oxygens (including phenoxy) is 1. The molecule has 4 atom stereocenters. The number of hydrogen-bond acceptors (Lipinski definition) is 2. The van der Waals surface area contributed by atoms with Gasteiger partial charge in [-0.15, -0.1) is 0 Å². The standard InChI is InChI=1S/C22H39NO/c1-17(2)7-5-8-18(3)11-13-24-14-12-23-22-19(4)15-20-9-6-10-21(22)16-20/h7,11,19-23H,5-6,8-10,12-16H2,1-4H3. The fourth-order valence-electron chi connectivity index (χ4n) is 4.65. The van der Waals surface area contributed by atoms with Crippen molar-refractivity contribution < 1.29 is 4.74 Å². The van der Waals surface area contributed by atoms with Gasteiger partial charge < -0.3 is 10.1 Å². The van der Waals surface area contributed by atoms with Gasteiger partial charge in [-0.2, -0.15) is 0 Å². The van der Waals surface area contributed by atoms with E-state index in [1.807, 2.05) is 0 Å². The fourth-order valence-corrected chi connectivity index (χ4v) is 4.65. The van der Waals surface area contributed by atoms with Crippen LogP contribution in [0.4, 0.5) is 0 Å². The van der Waals surface area contributed by atoms with Crippen LogP contribution in [0.5, 0.6) is 0 Å². The third kappa shape index (κ3) is 6.72. The van der Waals surface area contributed by atoms with Crippen LogP contribution >= 0.6 is 0 Å². The minimum absolute atomic E-state index is 0.728. The summed E-state index contributed by atoms with van der Waals surface area (Å²) in [7, 11) is 0. The number of nitrogens with one attached hydrogen (secondary N) is 1. The van der Waals surface area contributed by atoms with Crippen molar-refractivity contribution in [3.63, 3.8) is 0 Å². The van der Waals surface area contributed by atoms with E-state index >= 15 is 0 Å². The van der Waals surface area contributed by atoms with Crippen molar-refractivity contribution in [3.8, 4) is 0 Å². The number of allylic oxidation sites excluding steroid dienone is 3. The van der Waals surface area contributed by atoms with Crippen molar-refractivity contribution in [3.05, 3.63) is 23.3 Å². The van der Waals surface area contributed by atoms with Gasteiger partial charge in [0.15, 0.2) is 0 Å². The molecule has 138 valence electrons. The van der Waals surface area contributed by atoms with Gasteiger partial charge in [-0.1, -0.05) is 43.1 Å². The summed E-state index contributed by atoms with van der Waals surface area (Å²) in [5.74, 6) is 2.78. The summed E-state index contributed by atoms with van der Waals surface area (Å²) in [4.78, 5) is 0.